The topological polar surface area (TPSA) is 86.7 Å². The molecule has 3 aliphatic rings. The van der Waals surface area contributed by atoms with Gasteiger partial charge in [0.15, 0.2) is 5.78 Å². The molecule has 3 rings (SSSR count). The lowest BCUT2D eigenvalue weighted by Crippen LogP contribution is -2.34. The summed E-state index contributed by atoms with van der Waals surface area (Å²) in [5.41, 5.74) is 0.170. The summed E-state index contributed by atoms with van der Waals surface area (Å²) in [6.07, 6.45) is -1.60. The first-order valence-electron chi connectivity index (χ1n) is 8.46. The normalized spacial score (nSPS) is 34.8. The van der Waals surface area contributed by atoms with Gasteiger partial charge in [-0.3, -0.25) is 14.4 Å². The molecule has 2 fully saturated rings. The van der Waals surface area contributed by atoms with E-state index in [1.54, 1.807) is 27.7 Å². The first kappa shape index (κ1) is 17.6. The molecule has 1 heterocycles. The van der Waals surface area contributed by atoms with E-state index in [0.29, 0.717) is 11.1 Å². The minimum atomic E-state index is -1.02. The number of Topliss-reactive ketones (excluding diaryl/α,β-unsaturated/α-hetero) is 2. The highest BCUT2D eigenvalue weighted by Crippen LogP contribution is 2.52. The summed E-state index contributed by atoms with van der Waals surface area (Å²) in [5.74, 6) is -2.31. The maximum Gasteiger partial charge on any atom is 0.334 e. The summed E-state index contributed by atoms with van der Waals surface area (Å²) in [7, 11) is 0. The van der Waals surface area contributed by atoms with Gasteiger partial charge in [-0.2, -0.15) is 0 Å². The number of fused-ring (bicyclic) bond motifs is 3. The van der Waals surface area contributed by atoms with Crippen LogP contribution in [0.25, 0.3) is 0 Å². The van der Waals surface area contributed by atoms with Crippen LogP contribution in [0.4, 0.5) is 0 Å². The molecule has 1 saturated heterocycles. The summed E-state index contributed by atoms with van der Waals surface area (Å²) >= 11 is 0. The molecule has 25 heavy (non-hydrogen) atoms. The van der Waals surface area contributed by atoms with E-state index in [1.807, 2.05) is 0 Å². The quantitative estimate of drug-likeness (QED) is 0.561. The first-order valence-corrected chi connectivity index (χ1v) is 8.46. The van der Waals surface area contributed by atoms with E-state index < -0.39 is 35.5 Å². The van der Waals surface area contributed by atoms with Crippen LogP contribution in [0.15, 0.2) is 23.3 Å². The predicted octanol–water partition coefficient (Wildman–Crippen LogP) is 1.92. The van der Waals surface area contributed by atoms with Crippen molar-refractivity contribution in [2.45, 2.75) is 52.7 Å². The Labute approximate surface area is 146 Å². The summed E-state index contributed by atoms with van der Waals surface area (Å²) in [5, 5.41) is 0. The van der Waals surface area contributed by atoms with E-state index in [4.69, 9.17) is 9.47 Å². The third-order valence-electron chi connectivity index (χ3n) is 5.58. The fraction of sp³-hybridized carbons (Fsp3) is 0.579. The highest BCUT2D eigenvalue weighted by molar-refractivity contribution is 6.07. The van der Waals surface area contributed by atoms with E-state index in [9.17, 15) is 19.2 Å². The number of allylic oxidation sites excluding steroid dienone is 1. The lowest BCUT2D eigenvalue weighted by Gasteiger charge is -2.27. The number of hydrogen-bond acceptors (Lipinski definition) is 6. The van der Waals surface area contributed by atoms with Crippen LogP contribution in [0.2, 0.25) is 0 Å². The monoisotopic (exact) mass is 346 g/mol. The highest BCUT2D eigenvalue weighted by Gasteiger charge is 2.59. The molecule has 0 unspecified atom stereocenters. The molecule has 0 aromatic heterocycles. The molecule has 0 spiro atoms. The summed E-state index contributed by atoms with van der Waals surface area (Å²) in [6, 6.07) is 0. The maximum atomic E-state index is 12.9. The van der Waals surface area contributed by atoms with Crippen LogP contribution in [0, 0.1) is 17.3 Å². The van der Waals surface area contributed by atoms with Crippen LogP contribution in [-0.4, -0.2) is 35.7 Å². The highest BCUT2D eigenvalue weighted by atomic mass is 16.6. The fourth-order valence-electron chi connectivity index (χ4n) is 4.07. The number of ether oxygens (including phenoxy) is 2. The van der Waals surface area contributed by atoms with Crippen LogP contribution < -0.4 is 0 Å². The molecule has 134 valence electrons. The number of carbonyl (C=O) groups is 4. The van der Waals surface area contributed by atoms with Crippen LogP contribution in [0.3, 0.4) is 0 Å². The number of ketones is 2. The minimum absolute atomic E-state index is 0.0597. The Bertz CT molecular complexity index is 743. The molecule has 0 aromatic rings. The van der Waals surface area contributed by atoms with Crippen LogP contribution in [0.1, 0.15) is 40.5 Å². The summed E-state index contributed by atoms with van der Waals surface area (Å²) in [6.45, 7) is 10.5. The standard InChI is InChI=1S/C19H22O6/c1-8(2)17(22)24-12-6-13(21)19(5)7-11(20)9(3)15(19)16-14(12)10(4)18(23)25-16/h8,12,14,16H,4,6-7H2,1-3,5H3/t12-,14-,16+,19-/m1/s1. The number of carbonyl (C=O) groups excluding carboxylic acids is 4. The molecule has 1 saturated carbocycles. The Morgan fingerprint density at radius 1 is 1.32 bits per heavy atom. The lowest BCUT2D eigenvalue weighted by atomic mass is 9.76. The van der Waals surface area contributed by atoms with Gasteiger partial charge in [0.05, 0.1) is 17.3 Å². The van der Waals surface area contributed by atoms with Gasteiger partial charge in [0, 0.05) is 18.4 Å². The molecule has 1 aliphatic heterocycles. The molecule has 0 radical (unpaired) electrons. The van der Waals surface area contributed by atoms with Gasteiger partial charge in [-0.1, -0.05) is 20.4 Å². The van der Waals surface area contributed by atoms with Gasteiger partial charge in [0.2, 0.25) is 0 Å². The Morgan fingerprint density at radius 2 is 1.96 bits per heavy atom. The van der Waals surface area contributed by atoms with E-state index in [0.717, 1.165) is 0 Å². The molecule has 0 amide bonds. The Morgan fingerprint density at radius 3 is 2.56 bits per heavy atom. The summed E-state index contributed by atoms with van der Waals surface area (Å²) < 4.78 is 11.0. The zero-order valence-electron chi connectivity index (χ0n) is 14.9. The van der Waals surface area contributed by atoms with Crippen molar-refractivity contribution in [2.75, 3.05) is 0 Å². The maximum absolute atomic E-state index is 12.9. The van der Waals surface area contributed by atoms with E-state index in [2.05, 4.69) is 6.58 Å². The molecule has 0 bridgehead atoms. The van der Waals surface area contributed by atoms with Gasteiger partial charge in [-0.25, -0.2) is 4.79 Å². The second-order valence-corrected chi connectivity index (χ2v) is 7.61. The smallest absolute Gasteiger partial charge is 0.334 e. The van der Waals surface area contributed by atoms with Crippen molar-refractivity contribution >= 4 is 23.5 Å². The second-order valence-electron chi connectivity index (χ2n) is 7.61. The van der Waals surface area contributed by atoms with Crippen LogP contribution >= 0.6 is 0 Å². The van der Waals surface area contributed by atoms with Gasteiger partial charge < -0.3 is 9.47 Å². The molecular formula is C19H22O6. The average Bonchev–Trinajstić information content (AvgIpc) is 2.89. The fourth-order valence-corrected chi connectivity index (χ4v) is 4.07. The molecule has 2 aliphatic carbocycles. The number of esters is 2. The number of rotatable bonds is 2. The predicted molar refractivity (Wildman–Crippen MR) is 87.3 cm³/mol. The molecule has 6 nitrogen and oxygen atoms in total. The van der Waals surface area contributed by atoms with E-state index >= 15 is 0 Å². The van der Waals surface area contributed by atoms with E-state index in [1.165, 1.54) is 0 Å². The van der Waals surface area contributed by atoms with Gasteiger partial charge in [-0.05, 0) is 25.0 Å². The minimum Gasteiger partial charge on any atom is -0.461 e. The molecule has 4 atom stereocenters. The van der Waals surface area contributed by atoms with E-state index in [-0.39, 0.29) is 35.9 Å². The Kier molecular flexibility index (Phi) is 3.97. The largest absolute Gasteiger partial charge is 0.461 e. The van der Waals surface area contributed by atoms with Crippen molar-refractivity contribution in [1.29, 1.82) is 0 Å². The third kappa shape index (κ3) is 2.46. The zero-order valence-corrected chi connectivity index (χ0v) is 14.9. The van der Waals surface area contributed by atoms with Gasteiger partial charge in [0.25, 0.3) is 0 Å². The second kappa shape index (κ2) is 5.64. The van der Waals surface area contributed by atoms with Crippen molar-refractivity contribution < 1.29 is 28.7 Å². The summed E-state index contributed by atoms with van der Waals surface area (Å²) in [4.78, 5) is 49.4. The van der Waals surface area contributed by atoms with Crippen molar-refractivity contribution in [3.63, 3.8) is 0 Å². The molecule has 0 N–H and O–H groups in total. The first-order chi connectivity index (χ1) is 11.6. The third-order valence-corrected chi connectivity index (χ3v) is 5.58. The lowest BCUT2D eigenvalue weighted by molar-refractivity contribution is -0.156. The van der Waals surface area contributed by atoms with Gasteiger partial charge >= 0.3 is 11.9 Å². The number of hydrogen-bond donors (Lipinski definition) is 0. The van der Waals surface area contributed by atoms with Crippen LogP contribution in [-0.2, 0) is 28.7 Å². The molecular weight excluding hydrogens is 324 g/mol. The SMILES string of the molecule is C=C1C(=O)O[C@@H]2C3=C(C)C(=O)C[C@]3(C)C(=O)C[C@@H](OC(=O)C(C)C)[C@@H]12. The van der Waals surface area contributed by atoms with Gasteiger partial charge in [-0.15, -0.1) is 0 Å². The average molecular weight is 346 g/mol. The van der Waals surface area contributed by atoms with Gasteiger partial charge in [0.1, 0.15) is 18.0 Å². The van der Waals surface area contributed by atoms with Crippen molar-refractivity contribution in [2.24, 2.45) is 17.3 Å². The Hall–Kier alpha value is -2.24. The molecule has 6 heteroatoms. The van der Waals surface area contributed by atoms with Crippen molar-refractivity contribution in [3.05, 3.63) is 23.3 Å². The van der Waals surface area contributed by atoms with Crippen molar-refractivity contribution in [1.82, 2.24) is 0 Å². The van der Waals surface area contributed by atoms with Crippen molar-refractivity contribution in [3.8, 4) is 0 Å². The Balaban J connectivity index is 2.11. The zero-order chi connectivity index (χ0) is 18.7. The molecule has 0 aromatic carbocycles. The van der Waals surface area contributed by atoms with Crippen LogP contribution in [0.5, 0.6) is 0 Å².